The zero-order valence-corrected chi connectivity index (χ0v) is 26.0. The van der Waals surface area contributed by atoms with Crippen LogP contribution in [0.15, 0.2) is 113 Å². The van der Waals surface area contributed by atoms with E-state index in [4.69, 9.17) is 22.3 Å². The van der Waals surface area contributed by atoms with E-state index in [2.05, 4.69) is 23.3 Å². The zero-order chi connectivity index (χ0) is 31.5. The quantitative estimate of drug-likeness (QED) is 0.247. The second-order valence-corrected chi connectivity index (χ2v) is 11.3. The summed E-state index contributed by atoms with van der Waals surface area (Å²) in [5, 5.41) is 8.35. The number of anilines is 2. The Labute approximate surface area is 271 Å². The van der Waals surface area contributed by atoms with Gasteiger partial charge in [0.05, 0.1) is 23.1 Å². The molecule has 0 aromatic heterocycles. The zero-order valence-electron chi connectivity index (χ0n) is 24.4. The van der Waals surface area contributed by atoms with E-state index in [1.807, 2.05) is 84.9 Å². The third-order valence-electron chi connectivity index (χ3n) is 7.62. The number of hydrogen-bond donors (Lipinski definition) is 3. The van der Waals surface area contributed by atoms with Gasteiger partial charge in [-0.15, -0.1) is 5.10 Å². The Morgan fingerprint density at radius 2 is 1.62 bits per heavy atom. The van der Waals surface area contributed by atoms with E-state index in [-0.39, 0.29) is 12.4 Å². The molecular weight excluding hydrogens is 608 g/mol. The lowest BCUT2D eigenvalue weighted by Crippen LogP contribution is -2.56. The summed E-state index contributed by atoms with van der Waals surface area (Å²) < 4.78 is 0. The van der Waals surface area contributed by atoms with Gasteiger partial charge in [0.15, 0.2) is 0 Å². The maximum atomic E-state index is 14.6. The first-order valence-electron chi connectivity index (χ1n) is 14.2. The topological polar surface area (TPSA) is 110 Å². The van der Waals surface area contributed by atoms with Gasteiger partial charge in [-0.1, -0.05) is 90.5 Å². The van der Waals surface area contributed by atoms with Crippen molar-refractivity contribution in [1.29, 1.82) is 0 Å². The standard InChI is InChI=1S/C33H31ClN8O2S/c1-39(32(43)27(35)19-45)31-33(44)41(28-17-16-24(34)18-26(28)30(37-31)23-12-6-3-7-13-23)21-40-20-36-38-42(40)29-15-9-8-14-25(29)22-10-4-2-5-11-22/h2-18,20,27,31,38,45H,19,21,35H2,1H3. The fraction of sp³-hybridized carbons (Fsp3) is 0.152. The van der Waals surface area contributed by atoms with Crippen molar-refractivity contribution in [3.8, 4) is 11.1 Å². The molecule has 2 heterocycles. The maximum absolute atomic E-state index is 14.6. The Morgan fingerprint density at radius 3 is 2.33 bits per heavy atom. The van der Waals surface area contributed by atoms with E-state index >= 15 is 0 Å². The van der Waals surface area contributed by atoms with Crippen LogP contribution < -0.4 is 21.3 Å². The van der Waals surface area contributed by atoms with E-state index in [9.17, 15) is 9.59 Å². The first-order chi connectivity index (χ1) is 21.9. The number of amides is 2. The number of hydrogen-bond acceptors (Lipinski definition) is 9. The monoisotopic (exact) mass is 638 g/mol. The molecule has 2 atom stereocenters. The lowest BCUT2D eigenvalue weighted by atomic mass is 10.0. The lowest BCUT2D eigenvalue weighted by Gasteiger charge is -2.36. The minimum absolute atomic E-state index is 0.0296. The van der Waals surface area contributed by atoms with E-state index in [1.54, 1.807) is 39.6 Å². The lowest BCUT2D eigenvalue weighted by molar-refractivity contribution is -0.138. The van der Waals surface area contributed by atoms with E-state index in [0.717, 1.165) is 22.4 Å². The Balaban J connectivity index is 1.44. The highest BCUT2D eigenvalue weighted by molar-refractivity contribution is 7.80. The van der Waals surface area contributed by atoms with Gasteiger partial charge in [-0.05, 0) is 29.8 Å². The van der Waals surface area contributed by atoms with Crippen LogP contribution in [0.5, 0.6) is 0 Å². The maximum Gasteiger partial charge on any atom is 0.274 e. The van der Waals surface area contributed by atoms with Crippen molar-refractivity contribution in [1.82, 2.24) is 15.4 Å². The number of halogens is 1. The van der Waals surface area contributed by atoms with Gasteiger partial charge in [0.1, 0.15) is 13.0 Å². The Hall–Kier alpha value is -4.84. The summed E-state index contributed by atoms with van der Waals surface area (Å²) in [6, 6.07) is 31.8. The van der Waals surface area contributed by atoms with Crippen LogP contribution in [0.1, 0.15) is 11.1 Å². The average molecular weight is 639 g/mol. The summed E-state index contributed by atoms with van der Waals surface area (Å²) >= 11 is 10.7. The van der Waals surface area contributed by atoms with Gasteiger partial charge >= 0.3 is 0 Å². The van der Waals surface area contributed by atoms with Gasteiger partial charge in [0.2, 0.25) is 12.1 Å². The molecule has 4 aromatic carbocycles. The first-order valence-corrected chi connectivity index (χ1v) is 15.3. The number of likely N-dealkylation sites (N-methyl/N-ethyl adjacent to an activating group) is 1. The summed E-state index contributed by atoms with van der Waals surface area (Å²) in [6.45, 7) is 0.0296. The molecule has 45 heavy (non-hydrogen) atoms. The van der Waals surface area contributed by atoms with Crippen LogP contribution >= 0.6 is 24.2 Å². The molecule has 0 saturated heterocycles. The molecule has 0 radical (unpaired) electrons. The SMILES string of the molecule is CN(C(=O)C(N)CS)C1N=C(c2ccccc2)c2cc(Cl)ccc2N(CN2C=NNN2c2ccccc2-c2ccccc2)C1=O. The number of para-hydroxylation sites is 1. The number of rotatable bonds is 8. The summed E-state index contributed by atoms with van der Waals surface area (Å²) in [5.41, 5.74) is 14.4. The third kappa shape index (κ3) is 5.97. The molecule has 0 spiro atoms. The van der Waals surface area contributed by atoms with Gasteiger partial charge in [0, 0.05) is 34.5 Å². The highest BCUT2D eigenvalue weighted by atomic mass is 35.5. The minimum Gasteiger partial charge on any atom is -0.319 e. The molecule has 3 N–H and O–H groups in total. The number of thiol groups is 1. The molecule has 2 aliphatic heterocycles. The average Bonchev–Trinajstić information content (AvgIpc) is 3.51. The summed E-state index contributed by atoms with van der Waals surface area (Å²) in [6.07, 6.45) is 0.386. The van der Waals surface area contributed by atoms with Gasteiger partial charge in [-0.25, -0.2) is 10.0 Å². The summed E-state index contributed by atoms with van der Waals surface area (Å²) in [5.74, 6) is -0.764. The van der Waals surface area contributed by atoms with E-state index in [0.29, 0.717) is 22.0 Å². The van der Waals surface area contributed by atoms with Crippen molar-refractivity contribution >= 4 is 59.5 Å². The molecule has 2 unspecified atom stereocenters. The normalized spacial score (nSPS) is 16.5. The fourth-order valence-electron chi connectivity index (χ4n) is 5.34. The fourth-order valence-corrected chi connectivity index (χ4v) is 5.66. The van der Waals surface area contributed by atoms with Gasteiger partial charge < -0.3 is 10.6 Å². The van der Waals surface area contributed by atoms with Crippen LogP contribution in [0.4, 0.5) is 11.4 Å². The van der Waals surface area contributed by atoms with Crippen molar-refractivity contribution in [3.05, 3.63) is 119 Å². The van der Waals surface area contributed by atoms with E-state index < -0.39 is 24.0 Å². The highest BCUT2D eigenvalue weighted by Crippen LogP contribution is 2.34. The summed E-state index contributed by atoms with van der Waals surface area (Å²) in [4.78, 5) is 35.7. The Bertz CT molecular complexity index is 1770. The third-order valence-corrected chi connectivity index (χ3v) is 8.25. The number of benzene rings is 4. The highest BCUT2D eigenvalue weighted by Gasteiger charge is 2.39. The molecular formula is C33H31ClN8O2S. The van der Waals surface area contributed by atoms with Crippen LogP contribution in [0.2, 0.25) is 5.02 Å². The second-order valence-electron chi connectivity index (χ2n) is 10.5. The van der Waals surface area contributed by atoms with Crippen LogP contribution in [-0.4, -0.2) is 65.5 Å². The molecule has 0 aliphatic carbocycles. The predicted octanol–water partition coefficient (Wildman–Crippen LogP) is 4.38. The number of hydrazone groups is 1. The number of hydrazine groups is 2. The van der Waals surface area contributed by atoms with Gasteiger partial charge in [-0.2, -0.15) is 23.3 Å². The van der Waals surface area contributed by atoms with Gasteiger partial charge in [0.25, 0.3) is 5.91 Å². The Kier molecular flexibility index (Phi) is 8.74. The van der Waals surface area contributed by atoms with Crippen LogP contribution in [-0.2, 0) is 9.59 Å². The van der Waals surface area contributed by atoms with Gasteiger partial charge in [-0.3, -0.25) is 14.5 Å². The van der Waals surface area contributed by atoms with Crippen molar-refractivity contribution < 1.29 is 9.59 Å². The molecule has 10 nitrogen and oxygen atoms in total. The number of nitrogens with two attached hydrogens (primary N) is 1. The van der Waals surface area contributed by atoms with Crippen molar-refractivity contribution in [2.24, 2.45) is 15.8 Å². The molecule has 6 rings (SSSR count). The molecule has 0 fully saturated rings. The number of carbonyl (C=O) groups excluding carboxylic acids is 2. The number of carbonyl (C=O) groups is 2. The smallest absolute Gasteiger partial charge is 0.274 e. The van der Waals surface area contributed by atoms with Crippen LogP contribution in [0.3, 0.4) is 0 Å². The molecule has 0 bridgehead atoms. The van der Waals surface area contributed by atoms with Crippen molar-refractivity contribution in [3.63, 3.8) is 0 Å². The Morgan fingerprint density at radius 1 is 0.956 bits per heavy atom. The van der Waals surface area contributed by atoms with Crippen molar-refractivity contribution in [2.45, 2.75) is 12.2 Å². The number of aliphatic imine (C=N–C) groups is 1. The number of fused-ring (bicyclic) bond motifs is 1. The van der Waals surface area contributed by atoms with Crippen molar-refractivity contribution in [2.75, 3.05) is 29.5 Å². The molecule has 228 valence electrons. The second kappa shape index (κ2) is 13.0. The summed E-state index contributed by atoms with van der Waals surface area (Å²) in [7, 11) is 1.53. The number of benzodiazepines with no additional fused rings is 1. The number of nitrogens with one attached hydrogen (secondary N) is 1. The predicted molar refractivity (Wildman–Crippen MR) is 182 cm³/mol. The largest absolute Gasteiger partial charge is 0.319 e. The molecule has 12 heteroatoms. The molecule has 2 aliphatic rings. The minimum atomic E-state index is -1.22. The first kappa shape index (κ1) is 30.2. The molecule has 2 amide bonds. The van der Waals surface area contributed by atoms with Crippen LogP contribution in [0.25, 0.3) is 11.1 Å². The molecule has 0 saturated carbocycles. The van der Waals surface area contributed by atoms with E-state index in [1.165, 1.54) is 11.9 Å². The number of nitrogens with zero attached hydrogens (tertiary/aromatic N) is 6. The van der Waals surface area contributed by atoms with Crippen LogP contribution in [0, 0.1) is 0 Å². The molecule has 4 aromatic rings.